The summed E-state index contributed by atoms with van der Waals surface area (Å²) in [4.78, 5) is 19.1. The molecule has 2 aromatic rings. The van der Waals surface area contributed by atoms with Crippen molar-refractivity contribution < 1.29 is 4.79 Å². The number of imidazole rings is 1. The lowest BCUT2D eigenvalue weighted by atomic mass is 9.96. The van der Waals surface area contributed by atoms with E-state index in [1.807, 2.05) is 24.1 Å². The Morgan fingerprint density at radius 2 is 2.26 bits per heavy atom. The summed E-state index contributed by atoms with van der Waals surface area (Å²) in [6.07, 6.45) is 8.79. The molecule has 0 aromatic carbocycles. The van der Waals surface area contributed by atoms with Crippen molar-refractivity contribution in [3.63, 3.8) is 0 Å². The first kappa shape index (κ1) is 14.5. The highest BCUT2D eigenvalue weighted by atomic mass is 16.2. The van der Waals surface area contributed by atoms with Crippen LogP contribution in [0, 0.1) is 12.8 Å². The number of rotatable bonds is 4. The molecule has 23 heavy (non-hydrogen) atoms. The number of amides is 1. The first-order chi connectivity index (χ1) is 11.2. The molecule has 6 nitrogen and oxygen atoms in total. The average Bonchev–Trinajstić information content (AvgIpc) is 3.07. The van der Waals surface area contributed by atoms with E-state index in [2.05, 4.69) is 25.9 Å². The molecule has 2 fully saturated rings. The molecular weight excluding hydrogens is 290 g/mol. The van der Waals surface area contributed by atoms with Crippen LogP contribution in [0.25, 0.3) is 0 Å². The van der Waals surface area contributed by atoms with E-state index in [0.717, 1.165) is 49.9 Å². The second kappa shape index (κ2) is 5.83. The van der Waals surface area contributed by atoms with Crippen LogP contribution in [0.1, 0.15) is 53.6 Å². The number of likely N-dealkylation sites (tertiary alicyclic amines) is 1. The molecule has 1 atom stereocenters. The molecule has 2 aromatic heterocycles. The predicted molar refractivity (Wildman–Crippen MR) is 86.2 cm³/mol. The average molecular weight is 313 g/mol. The Morgan fingerprint density at radius 1 is 1.39 bits per heavy atom. The first-order valence-electron chi connectivity index (χ1n) is 8.53. The zero-order valence-electron chi connectivity index (χ0n) is 13.5. The highest BCUT2D eigenvalue weighted by molar-refractivity contribution is 5.92. The van der Waals surface area contributed by atoms with E-state index in [0.29, 0.717) is 11.6 Å². The number of hydrogen-bond acceptors (Lipinski definition) is 3. The number of aromatic nitrogens is 4. The van der Waals surface area contributed by atoms with Gasteiger partial charge in [0.15, 0.2) is 0 Å². The summed E-state index contributed by atoms with van der Waals surface area (Å²) in [7, 11) is 0. The summed E-state index contributed by atoms with van der Waals surface area (Å²) in [5, 5.41) is 6.96. The van der Waals surface area contributed by atoms with Crippen LogP contribution >= 0.6 is 0 Å². The van der Waals surface area contributed by atoms with Crippen molar-refractivity contribution >= 4 is 5.91 Å². The Morgan fingerprint density at radius 3 is 3.00 bits per heavy atom. The van der Waals surface area contributed by atoms with Crippen LogP contribution in [0.15, 0.2) is 18.5 Å². The van der Waals surface area contributed by atoms with Crippen molar-refractivity contribution in [1.29, 1.82) is 0 Å². The lowest BCUT2D eigenvalue weighted by Gasteiger charge is -2.32. The van der Waals surface area contributed by atoms with Gasteiger partial charge in [-0.2, -0.15) is 5.10 Å². The number of piperidine rings is 1. The van der Waals surface area contributed by atoms with E-state index in [-0.39, 0.29) is 5.91 Å². The third-order valence-corrected chi connectivity index (χ3v) is 4.90. The number of aromatic amines is 1. The van der Waals surface area contributed by atoms with Crippen LogP contribution in [0.4, 0.5) is 0 Å². The Hall–Kier alpha value is -2.11. The van der Waals surface area contributed by atoms with Gasteiger partial charge in [0, 0.05) is 43.6 Å². The Balaban J connectivity index is 1.48. The SMILES string of the molecule is Cc1cc(C(=O)N2CCC[C@H](c3nccn3CC3CC3)C2)n[nH]1. The smallest absolute Gasteiger partial charge is 0.274 e. The molecule has 0 unspecified atom stereocenters. The topological polar surface area (TPSA) is 66.8 Å². The van der Waals surface area contributed by atoms with Gasteiger partial charge in [-0.3, -0.25) is 9.89 Å². The van der Waals surface area contributed by atoms with Gasteiger partial charge in [0.1, 0.15) is 11.5 Å². The summed E-state index contributed by atoms with van der Waals surface area (Å²) in [5.74, 6) is 2.34. The number of H-pyrrole nitrogens is 1. The fourth-order valence-electron chi connectivity index (χ4n) is 3.48. The Bertz CT molecular complexity index is 699. The van der Waals surface area contributed by atoms with Gasteiger partial charge >= 0.3 is 0 Å². The van der Waals surface area contributed by atoms with Gasteiger partial charge < -0.3 is 9.47 Å². The van der Waals surface area contributed by atoms with E-state index in [1.54, 1.807) is 0 Å². The number of carbonyl (C=O) groups is 1. The quantitative estimate of drug-likeness (QED) is 0.942. The lowest BCUT2D eigenvalue weighted by molar-refractivity contribution is 0.0697. The van der Waals surface area contributed by atoms with Gasteiger partial charge in [0.05, 0.1) is 0 Å². The summed E-state index contributed by atoms with van der Waals surface area (Å²) < 4.78 is 2.30. The maximum atomic E-state index is 12.6. The zero-order chi connectivity index (χ0) is 15.8. The molecule has 1 aliphatic heterocycles. The monoisotopic (exact) mass is 313 g/mol. The van der Waals surface area contributed by atoms with E-state index in [1.165, 1.54) is 12.8 Å². The van der Waals surface area contributed by atoms with Crippen molar-refractivity contribution in [3.05, 3.63) is 35.7 Å². The maximum Gasteiger partial charge on any atom is 0.274 e. The molecular formula is C17H23N5O. The summed E-state index contributed by atoms with van der Waals surface area (Å²) in [6.45, 7) is 4.55. The number of hydrogen-bond donors (Lipinski definition) is 1. The van der Waals surface area contributed by atoms with Gasteiger partial charge in [0.25, 0.3) is 5.91 Å². The molecule has 3 heterocycles. The van der Waals surface area contributed by atoms with Crippen molar-refractivity contribution in [2.75, 3.05) is 13.1 Å². The minimum atomic E-state index is 0.0272. The molecule has 2 aliphatic rings. The van der Waals surface area contributed by atoms with E-state index < -0.39 is 0 Å². The summed E-state index contributed by atoms with van der Waals surface area (Å²) in [5.41, 5.74) is 1.44. The molecule has 0 spiro atoms. The van der Waals surface area contributed by atoms with Crippen molar-refractivity contribution in [3.8, 4) is 0 Å². The molecule has 122 valence electrons. The van der Waals surface area contributed by atoms with Crippen LogP contribution in [-0.4, -0.2) is 43.6 Å². The van der Waals surface area contributed by atoms with Crippen LogP contribution in [-0.2, 0) is 6.54 Å². The van der Waals surface area contributed by atoms with Gasteiger partial charge in [-0.1, -0.05) is 0 Å². The van der Waals surface area contributed by atoms with Gasteiger partial charge in [-0.05, 0) is 44.6 Å². The minimum Gasteiger partial charge on any atom is -0.337 e. The van der Waals surface area contributed by atoms with Crippen LogP contribution in [0.2, 0.25) is 0 Å². The highest BCUT2D eigenvalue weighted by Gasteiger charge is 2.30. The number of nitrogens with one attached hydrogen (secondary N) is 1. The third-order valence-electron chi connectivity index (χ3n) is 4.90. The minimum absolute atomic E-state index is 0.0272. The van der Waals surface area contributed by atoms with Crippen LogP contribution < -0.4 is 0 Å². The lowest BCUT2D eigenvalue weighted by Crippen LogP contribution is -2.40. The van der Waals surface area contributed by atoms with Crippen molar-refractivity contribution in [2.24, 2.45) is 5.92 Å². The maximum absolute atomic E-state index is 12.6. The fourth-order valence-corrected chi connectivity index (χ4v) is 3.48. The van der Waals surface area contributed by atoms with Gasteiger partial charge in [0.2, 0.25) is 0 Å². The second-order valence-corrected chi connectivity index (χ2v) is 6.91. The normalized spacial score (nSPS) is 21.6. The fraction of sp³-hybridized carbons (Fsp3) is 0.588. The number of aryl methyl sites for hydroxylation is 1. The van der Waals surface area contributed by atoms with Crippen molar-refractivity contribution in [1.82, 2.24) is 24.6 Å². The van der Waals surface area contributed by atoms with Crippen LogP contribution in [0.3, 0.4) is 0 Å². The third kappa shape index (κ3) is 3.02. The molecule has 0 radical (unpaired) electrons. The second-order valence-electron chi connectivity index (χ2n) is 6.91. The summed E-state index contributed by atoms with van der Waals surface area (Å²) in [6, 6.07) is 1.82. The molecule has 1 saturated heterocycles. The largest absolute Gasteiger partial charge is 0.337 e. The molecule has 6 heteroatoms. The number of carbonyl (C=O) groups excluding carboxylic acids is 1. The molecule has 0 bridgehead atoms. The van der Waals surface area contributed by atoms with Crippen molar-refractivity contribution in [2.45, 2.75) is 45.1 Å². The first-order valence-corrected chi connectivity index (χ1v) is 8.53. The van der Waals surface area contributed by atoms with Gasteiger partial charge in [-0.15, -0.1) is 0 Å². The summed E-state index contributed by atoms with van der Waals surface area (Å²) >= 11 is 0. The van der Waals surface area contributed by atoms with E-state index in [9.17, 15) is 4.79 Å². The van der Waals surface area contributed by atoms with E-state index >= 15 is 0 Å². The zero-order valence-corrected chi connectivity index (χ0v) is 13.5. The predicted octanol–water partition coefficient (Wildman–Crippen LogP) is 2.34. The molecule has 1 amide bonds. The molecule has 1 aliphatic carbocycles. The molecule has 1 N–H and O–H groups in total. The molecule has 4 rings (SSSR count). The Kier molecular flexibility index (Phi) is 3.67. The van der Waals surface area contributed by atoms with Gasteiger partial charge in [-0.25, -0.2) is 4.98 Å². The van der Waals surface area contributed by atoms with Crippen LogP contribution in [0.5, 0.6) is 0 Å². The standard InChI is InChI=1S/C17H23N5O/c1-12-9-15(20-19-12)17(23)22-7-2-3-14(11-22)16-18-6-8-21(16)10-13-4-5-13/h6,8-9,13-14H,2-5,7,10-11H2,1H3,(H,19,20)/t14-/m0/s1. The highest BCUT2D eigenvalue weighted by Crippen LogP contribution is 2.33. The Labute approximate surface area is 135 Å². The van der Waals surface area contributed by atoms with E-state index in [4.69, 9.17) is 0 Å². The number of nitrogens with zero attached hydrogens (tertiary/aromatic N) is 4. The molecule has 1 saturated carbocycles.